The van der Waals surface area contributed by atoms with E-state index in [0.717, 1.165) is 16.5 Å². The van der Waals surface area contributed by atoms with Crippen LogP contribution in [-0.4, -0.2) is 30.1 Å². The average Bonchev–Trinajstić information content (AvgIpc) is 2.50. The monoisotopic (exact) mass is 286 g/mol. The maximum atomic E-state index is 12.3. The largest absolute Gasteiger partial charge is 0.395 e. The molecule has 3 N–H and O–H groups in total. The number of anilines is 1. The highest BCUT2D eigenvalue weighted by Gasteiger charge is 2.17. The number of primary amides is 1. The first kappa shape index (κ1) is 15.0. The fraction of sp³-hybridized carbons (Fsp3) is 0.250. The van der Waals surface area contributed by atoms with Gasteiger partial charge in [-0.15, -0.1) is 0 Å². The summed E-state index contributed by atoms with van der Waals surface area (Å²) in [6, 6.07) is 13.4. The zero-order valence-electron chi connectivity index (χ0n) is 11.7. The number of nitrogens with two attached hydrogens (primary N) is 1. The molecule has 110 valence electrons. The molecule has 0 unspecified atom stereocenters. The van der Waals surface area contributed by atoms with Gasteiger partial charge in [-0.2, -0.15) is 0 Å². The van der Waals surface area contributed by atoms with Crippen LogP contribution >= 0.6 is 0 Å². The van der Waals surface area contributed by atoms with Crippen molar-refractivity contribution < 1.29 is 14.7 Å². The third-order valence-electron chi connectivity index (χ3n) is 3.27. The van der Waals surface area contributed by atoms with Crippen LogP contribution in [0, 0.1) is 0 Å². The van der Waals surface area contributed by atoms with Gasteiger partial charge in [-0.25, -0.2) is 0 Å². The second-order valence-electron chi connectivity index (χ2n) is 4.73. The van der Waals surface area contributed by atoms with Gasteiger partial charge in [-0.05, 0) is 11.5 Å². The molecule has 2 aromatic carbocycles. The molecule has 0 aromatic heterocycles. The number of benzene rings is 2. The van der Waals surface area contributed by atoms with E-state index in [2.05, 4.69) is 0 Å². The van der Waals surface area contributed by atoms with Crippen LogP contribution in [0.1, 0.15) is 12.8 Å². The molecule has 5 nitrogen and oxygen atoms in total. The van der Waals surface area contributed by atoms with Crippen LogP contribution < -0.4 is 10.6 Å². The summed E-state index contributed by atoms with van der Waals surface area (Å²) in [5.41, 5.74) is 5.82. The zero-order chi connectivity index (χ0) is 15.2. The molecule has 21 heavy (non-hydrogen) atoms. The maximum Gasteiger partial charge on any atom is 0.227 e. The van der Waals surface area contributed by atoms with Gasteiger partial charge in [-0.3, -0.25) is 9.59 Å². The SMILES string of the molecule is NC(=O)CCC(=O)N(CCO)c1cccc2ccccc12. The summed E-state index contributed by atoms with van der Waals surface area (Å²) in [4.78, 5) is 24.6. The Kier molecular flexibility index (Phi) is 4.90. The van der Waals surface area contributed by atoms with Gasteiger partial charge in [0.2, 0.25) is 11.8 Å². The maximum absolute atomic E-state index is 12.3. The number of carbonyl (C=O) groups is 2. The Hall–Kier alpha value is -2.40. The number of nitrogens with zero attached hydrogens (tertiary/aromatic N) is 1. The van der Waals surface area contributed by atoms with Crippen LogP contribution in [0.3, 0.4) is 0 Å². The van der Waals surface area contributed by atoms with Crippen molar-refractivity contribution in [1.29, 1.82) is 0 Å². The molecule has 0 radical (unpaired) electrons. The molecule has 0 atom stereocenters. The summed E-state index contributed by atoms with van der Waals surface area (Å²) in [6.45, 7) is 0.0388. The van der Waals surface area contributed by atoms with Crippen LogP contribution in [0.4, 0.5) is 5.69 Å². The molecular weight excluding hydrogens is 268 g/mol. The highest BCUT2D eigenvalue weighted by Crippen LogP contribution is 2.27. The van der Waals surface area contributed by atoms with Gasteiger partial charge in [0.25, 0.3) is 0 Å². The Balaban J connectivity index is 2.36. The Morgan fingerprint density at radius 1 is 1.05 bits per heavy atom. The van der Waals surface area contributed by atoms with Crippen molar-refractivity contribution in [2.45, 2.75) is 12.8 Å². The molecule has 2 amide bonds. The quantitative estimate of drug-likeness (QED) is 0.842. The van der Waals surface area contributed by atoms with Gasteiger partial charge >= 0.3 is 0 Å². The lowest BCUT2D eigenvalue weighted by Crippen LogP contribution is -2.34. The fourth-order valence-electron chi connectivity index (χ4n) is 2.29. The smallest absolute Gasteiger partial charge is 0.227 e. The molecule has 0 spiro atoms. The minimum Gasteiger partial charge on any atom is -0.395 e. The Labute approximate surface area is 123 Å². The third kappa shape index (κ3) is 3.58. The minimum absolute atomic E-state index is 0.00548. The number of amides is 2. The first-order valence-corrected chi connectivity index (χ1v) is 6.81. The van der Waals surface area contributed by atoms with E-state index in [1.165, 1.54) is 4.90 Å². The van der Waals surface area contributed by atoms with Crippen molar-refractivity contribution in [3.8, 4) is 0 Å². The normalized spacial score (nSPS) is 10.5. The summed E-state index contributed by atoms with van der Waals surface area (Å²) < 4.78 is 0. The predicted molar refractivity (Wildman–Crippen MR) is 81.8 cm³/mol. The number of rotatable bonds is 6. The van der Waals surface area contributed by atoms with Gasteiger partial charge in [0.05, 0.1) is 12.3 Å². The van der Waals surface area contributed by atoms with E-state index in [4.69, 9.17) is 5.73 Å². The number of aliphatic hydroxyl groups is 1. The second-order valence-corrected chi connectivity index (χ2v) is 4.73. The van der Waals surface area contributed by atoms with Crippen molar-refractivity contribution in [2.24, 2.45) is 5.73 Å². The molecular formula is C16H18N2O3. The van der Waals surface area contributed by atoms with Gasteiger partial charge in [0, 0.05) is 24.8 Å². The van der Waals surface area contributed by atoms with Gasteiger partial charge < -0.3 is 15.7 Å². The fourth-order valence-corrected chi connectivity index (χ4v) is 2.29. The van der Waals surface area contributed by atoms with Crippen LogP contribution in [0.2, 0.25) is 0 Å². The molecule has 2 aromatic rings. The molecule has 0 saturated heterocycles. The van der Waals surface area contributed by atoms with E-state index >= 15 is 0 Å². The van der Waals surface area contributed by atoms with E-state index in [1.807, 2.05) is 42.5 Å². The number of hydrogen-bond donors (Lipinski definition) is 2. The average molecular weight is 286 g/mol. The van der Waals surface area contributed by atoms with E-state index in [9.17, 15) is 14.7 Å². The van der Waals surface area contributed by atoms with Crippen LogP contribution in [0.25, 0.3) is 10.8 Å². The molecule has 0 heterocycles. The topological polar surface area (TPSA) is 83.6 Å². The first-order chi connectivity index (χ1) is 10.1. The molecule has 0 bridgehead atoms. The number of hydrogen-bond acceptors (Lipinski definition) is 3. The Morgan fingerprint density at radius 2 is 1.76 bits per heavy atom. The first-order valence-electron chi connectivity index (χ1n) is 6.81. The number of fused-ring (bicyclic) bond motifs is 1. The van der Waals surface area contributed by atoms with Gasteiger partial charge in [0.1, 0.15) is 0 Å². The van der Waals surface area contributed by atoms with Crippen LogP contribution in [0.5, 0.6) is 0 Å². The van der Waals surface area contributed by atoms with Crippen molar-refractivity contribution in [3.05, 3.63) is 42.5 Å². The molecule has 5 heteroatoms. The van der Waals surface area contributed by atoms with Gasteiger partial charge in [-0.1, -0.05) is 36.4 Å². The summed E-state index contributed by atoms with van der Waals surface area (Å²) >= 11 is 0. The second kappa shape index (κ2) is 6.85. The van der Waals surface area contributed by atoms with E-state index < -0.39 is 5.91 Å². The molecule has 0 saturated carbocycles. The van der Waals surface area contributed by atoms with Crippen molar-refractivity contribution in [1.82, 2.24) is 0 Å². The van der Waals surface area contributed by atoms with Crippen molar-refractivity contribution in [2.75, 3.05) is 18.1 Å². The lowest BCUT2D eigenvalue weighted by atomic mass is 10.1. The predicted octanol–water partition coefficient (Wildman–Crippen LogP) is 1.43. The Morgan fingerprint density at radius 3 is 2.48 bits per heavy atom. The number of carbonyl (C=O) groups excluding carboxylic acids is 2. The number of aliphatic hydroxyl groups excluding tert-OH is 1. The molecule has 2 rings (SSSR count). The summed E-state index contributed by atoms with van der Waals surface area (Å²) in [5.74, 6) is -0.732. The van der Waals surface area contributed by atoms with Gasteiger partial charge in [0.15, 0.2) is 0 Å². The van der Waals surface area contributed by atoms with E-state index in [0.29, 0.717) is 0 Å². The lowest BCUT2D eigenvalue weighted by molar-refractivity contribution is -0.123. The van der Waals surface area contributed by atoms with Crippen molar-refractivity contribution in [3.63, 3.8) is 0 Å². The van der Waals surface area contributed by atoms with Crippen LogP contribution in [0.15, 0.2) is 42.5 Å². The zero-order valence-corrected chi connectivity index (χ0v) is 11.7. The molecule has 0 aliphatic heterocycles. The summed E-state index contributed by atoms with van der Waals surface area (Å²) in [7, 11) is 0. The standard InChI is InChI=1S/C16H18N2O3/c17-15(20)8-9-16(21)18(10-11-19)14-7-3-5-12-4-1-2-6-13(12)14/h1-7,19H,8-11H2,(H2,17,20). The van der Waals surface area contributed by atoms with Crippen molar-refractivity contribution >= 4 is 28.3 Å². The molecule has 0 aliphatic rings. The van der Waals surface area contributed by atoms with E-state index in [-0.39, 0.29) is 31.9 Å². The van der Waals surface area contributed by atoms with Crippen LogP contribution in [-0.2, 0) is 9.59 Å². The molecule has 0 fully saturated rings. The highest BCUT2D eigenvalue weighted by molar-refractivity contribution is 6.04. The highest BCUT2D eigenvalue weighted by atomic mass is 16.3. The van der Waals surface area contributed by atoms with E-state index in [1.54, 1.807) is 0 Å². The third-order valence-corrected chi connectivity index (χ3v) is 3.27. The Bertz CT molecular complexity index is 650. The lowest BCUT2D eigenvalue weighted by Gasteiger charge is -2.23. The molecule has 0 aliphatic carbocycles. The summed E-state index contributed by atoms with van der Waals surface area (Å²) in [6.07, 6.45) is 0.0457. The summed E-state index contributed by atoms with van der Waals surface area (Å²) in [5, 5.41) is 11.2. The minimum atomic E-state index is -0.509.